The average Bonchev–Trinajstić information content (AvgIpc) is 2.93. The topological polar surface area (TPSA) is 78.5 Å². The van der Waals surface area contributed by atoms with Crippen LogP contribution < -0.4 is 10.6 Å². The number of halogens is 1. The van der Waals surface area contributed by atoms with Gasteiger partial charge in [0.1, 0.15) is 12.1 Å². The summed E-state index contributed by atoms with van der Waals surface area (Å²) >= 11 is 2.17. The number of anilines is 1. The van der Waals surface area contributed by atoms with E-state index in [0.717, 1.165) is 19.2 Å². The van der Waals surface area contributed by atoms with Gasteiger partial charge >= 0.3 is 6.03 Å². The van der Waals surface area contributed by atoms with Crippen molar-refractivity contribution in [1.29, 1.82) is 0 Å². The molecule has 1 unspecified atom stereocenters. The van der Waals surface area contributed by atoms with Crippen LogP contribution in [0.1, 0.15) is 12.5 Å². The van der Waals surface area contributed by atoms with E-state index in [4.69, 9.17) is 0 Å². The highest BCUT2D eigenvalue weighted by Crippen LogP contribution is 2.33. The van der Waals surface area contributed by atoms with Crippen molar-refractivity contribution in [3.63, 3.8) is 0 Å². The van der Waals surface area contributed by atoms with Crippen LogP contribution in [0.15, 0.2) is 66.7 Å². The van der Waals surface area contributed by atoms with Crippen molar-refractivity contribution in [2.75, 3.05) is 11.9 Å². The fourth-order valence-corrected chi connectivity index (χ4v) is 3.92. The summed E-state index contributed by atoms with van der Waals surface area (Å²) in [5.74, 6) is -0.881. The van der Waals surface area contributed by atoms with Crippen LogP contribution in [0.2, 0.25) is 0 Å². The summed E-state index contributed by atoms with van der Waals surface area (Å²) in [4.78, 5) is 39.1. The predicted octanol–water partition coefficient (Wildman–Crippen LogP) is 3.85. The number of hydrogen-bond donors (Lipinski definition) is 2. The van der Waals surface area contributed by atoms with Crippen molar-refractivity contribution in [3.8, 4) is 0 Å². The molecule has 0 spiro atoms. The molecule has 146 valence electrons. The smallest absolute Gasteiger partial charge is 0.325 e. The Bertz CT molecular complexity index is 1120. The minimum absolute atomic E-state index is 0.350. The molecule has 6 nitrogen and oxygen atoms in total. The first-order chi connectivity index (χ1) is 13.9. The number of carbonyl (C=O) groups is 3. The van der Waals surface area contributed by atoms with E-state index in [1.54, 1.807) is 19.1 Å². The van der Waals surface area contributed by atoms with Gasteiger partial charge in [-0.2, -0.15) is 0 Å². The number of nitrogens with one attached hydrogen (secondary N) is 2. The van der Waals surface area contributed by atoms with Crippen molar-refractivity contribution >= 4 is 56.9 Å². The molecule has 4 rings (SSSR count). The van der Waals surface area contributed by atoms with Gasteiger partial charge in [0, 0.05) is 9.26 Å². The molecule has 1 fully saturated rings. The van der Waals surface area contributed by atoms with Gasteiger partial charge in [-0.3, -0.25) is 14.5 Å². The lowest BCUT2D eigenvalue weighted by Gasteiger charge is -2.24. The first kappa shape index (κ1) is 19.4. The summed E-state index contributed by atoms with van der Waals surface area (Å²) < 4.78 is 1.04. The largest absolute Gasteiger partial charge is 0.325 e. The van der Waals surface area contributed by atoms with Gasteiger partial charge in [-0.05, 0) is 70.1 Å². The van der Waals surface area contributed by atoms with Crippen LogP contribution in [0.4, 0.5) is 10.5 Å². The summed E-state index contributed by atoms with van der Waals surface area (Å²) in [6.45, 7) is 1.32. The molecule has 2 N–H and O–H groups in total. The molecule has 3 aromatic carbocycles. The molecule has 1 heterocycles. The molecule has 1 aliphatic rings. The Morgan fingerprint density at radius 1 is 1.03 bits per heavy atom. The molecule has 0 aliphatic carbocycles. The summed E-state index contributed by atoms with van der Waals surface area (Å²) in [5.41, 5.74) is 0.0786. The van der Waals surface area contributed by atoms with E-state index in [-0.39, 0.29) is 6.54 Å². The first-order valence-corrected chi connectivity index (χ1v) is 10.1. The first-order valence-electron chi connectivity index (χ1n) is 9.06. The minimum atomic E-state index is -1.24. The van der Waals surface area contributed by atoms with Crippen molar-refractivity contribution in [2.45, 2.75) is 12.5 Å². The second-order valence-corrected chi connectivity index (χ2v) is 8.27. The Morgan fingerprint density at radius 3 is 2.48 bits per heavy atom. The van der Waals surface area contributed by atoms with Crippen molar-refractivity contribution in [3.05, 3.63) is 75.9 Å². The van der Waals surface area contributed by atoms with Gasteiger partial charge in [-0.15, -0.1) is 0 Å². The maximum Gasteiger partial charge on any atom is 0.325 e. The lowest BCUT2D eigenvalue weighted by Crippen LogP contribution is -2.42. The third-order valence-corrected chi connectivity index (χ3v) is 5.75. The van der Waals surface area contributed by atoms with E-state index in [1.807, 2.05) is 54.6 Å². The molecule has 0 bridgehead atoms. The lowest BCUT2D eigenvalue weighted by molar-refractivity contribution is -0.133. The lowest BCUT2D eigenvalue weighted by atomic mass is 9.88. The number of fused-ring (bicyclic) bond motifs is 1. The fourth-order valence-electron chi connectivity index (χ4n) is 3.56. The molecule has 1 aliphatic heterocycles. The third-order valence-electron chi connectivity index (χ3n) is 5.03. The van der Waals surface area contributed by atoms with E-state index in [0.29, 0.717) is 11.3 Å². The highest BCUT2D eigenvalue weighted by atomic mass is 127. The number of hydrogen-bond acceptors (Lipinski definition) is 3. The quantitative estimate of drug-likeness (QED) is 0.423. The number of benzene rings is 3. The molecule has 4 amide bonds. The zero-order valence-electron chi connectivity index (χ0n) is 15.6. The van der Waals surface area contributed by atoms with Gasteiger partial charge in [0.2, 0.25) is 5.91 Å². The third kappa shape index (κ3) is 3.57. The molecule has 7 heteroatoms. The second kappa shape index (κ2) is 7.47. The number of amides is 4. The molecular formula is C22H18IN3O3. The normalized spacial score (nSPS) is 18.8. The van der Waals surface area contributed by atoms with Crippen LogP contribution in [0, 0.1) is 3.57 Å². The summed E-state index contributed by atoms with van der Waals surface area (Å²) in [7, 11) is 0. The van der Waals surface area contributed by atoms with Crippen LogP contribution in [-0.4, -0.2) is 29.3 Å². The van der Waals surface area contributed by atoms with Crippen LogP contribution in [-0.2, 0) is 15.1 Å². The highest BCUT2D eigenvalue weighted by molar-refractivity contribution is 14.1. The van der Waals surface area contributed by atoms with Gasteiger partial charge in [-0.25, -0.2) is 4.79 Å². The summed E-state index contributed by atoms with van der Waals surface area (Å²) in [6.07, 6.45) is 0. The zero-order valence-corrected chi connectivity index (χ0v) is 17.8. The van der Waals surface area contributed by atoms with Gasteiger partial charge in [0.25, 0.3) is 5.91 Å². The summed E-state index contributed by atoms with van der Waals surface area (Å²) in [5, 5.41) is 7.35. The monoisotopic (exact) mass is 499 g/mol. The van der Waals surface area contributed by atoms with Gasteiger partial charge < -0.3 is 10.6 Å². The molecule has 3 aromatic rings. The number of carbonyl (C=O) groups excluding carboxylic acids is 3. The van der Waals surface area contributed by atoms with Crippen LogP contribution in [0.5, 0.6) is 0 Å². The molecule has 0 saturated carbocycles. The van der Waals surface area contributed by atoms with Gasteiger partial charge in [0.15, 0.2) is 0 Å². The van der Waals surface area contributed by atoms with Crippen molar-refractivity contribution in [1.82, 2.24) is 10.2 Å². The fraction of sp³-hybridized carbons (Fsp3) is 0.136. The van der Waals surface area contributed by atoms with Crippen molar-refractivity contribution < 1.29 is 14.4 Å². The van der Waals surface area contributed by atoms with E-state index >= 15 is 0 Å². The Hall–Kier alpha value is -2.94. The Kier molecular flexibility index (Phi) is 4.99. The maximum atomic E-state index is 13.2. The van der Waals surface area contributed by atoms with E-state index in [2.05, 4.69) is 33.2 Å². The SMILES string of the molecule is CC1(c2cccc3ccccc23)NC(=O)N(CC(=O)Nc2ccc(I)cc2)C1=O. The number of urea groups is 1. The maximum absolute atomic E-state index is 13.2. The molecule has 1 atom stereocenters. The van der Waals surface area contributed by atoms with Crippen LogP contribution >= 0.6 is 22.6 Å². The Balaban J connectivity index is 1.58. The molecule has 1 saturated heterocycles. The number of imide groups is 1. The Labute approximate surface area is 181 Å². The predicted molar refractivity (Wildman–Crippen MR) is 119 cm³/mol. The second-order valence-electron chi connectivity index (χ2n) is 7.03. The zero-order chi connectivity index (χ0) is 20.6. The minimum Gasteiger partial charge on any atom is -0.325 e. The molecular weight excluding hydrogens is 481 g/mol. The highest BCUT2D eigenvalue weighted by Gasteiger charge is 2.50. The van der Waals surface area contributed by atoms with E-state index in [1.165, 1.54) is 0 Å². The molecule has 29 heavy (non-hydrogen) atoms. The Morgan fingerprint density at radius 2 is 1.72 bits per heavy atom. The van der Waals surface area contributed by atoms with Crippen LogP contribution in [0.3, 0.4) is 0 Å². The molecule has 0 radical (unpaired) electrons. The molecule has 0 aromatic heterocycles. The average molecular weight is 499 g/mol. The number of rotatable bonds is 4. The van der Waals surface area contributed by atoms with Gasteiger partial charge in [-0.1, -0.05) is 42.5 Å². The summed E-state index contributed by atoms with van der Waals surface area (Å²) in [6, 6.07) is 20.0. The van der Waals surface area contributed by atoms with E-state index in [9.17, 15) is 14.4 Å². The van der Waals surface area contributed by atoms with Gasteiger partial charge in [0.05, 0.1) is 0 Å². The van der Waals surface area contributed by atoms with E-state index < -0.39 is 23.4 Å². The van der Waals surface area contributed by atoms with Crippen molar-refractivity contribution in [2.24, 2.45) is 0 Å². The van der Waals surface area contributed by atoms with Crippen LogP contribution in [0.25, 0.3) is 10.8 Å². The number of nitrogens with zero attached hydrogens (tertiary/aromatic N) is 1. The standard InChI is InChI=1S/C22H18IN3O3/c1-22(18-8-4-6-14-5-2-3-7-17(14)18)20(28)26(21(29)25-22)13-19(27)24-16-11-9-15(23)10-12-16/h2-12H,13H2,1H3,(H,24,27)(H,25,29).